The number of fused-ring (bicyclic) bond motifs is 1. The first-order chi connectivity index (χ1) is 12.9. The number of benzene rings is 1. The number of carbonyl (C=O) groups is 2. The lowest BCUT2D eigenvalue weighted by atomic mass is 9.88. The molecule has 7 heteroatoms. The highest BCUT2D eigenvalue weighted by Gasteiger charge is 2.39. The first kappa shape index (κ1) is 22.6. The van der Waals surface area contributed by atoms with Crippen molar-refractivity contribution in [3.63, 3.8) is 0 Å². The maximum Gasteiger partial charge on any atom is 0.245 e. The number of nitrogens with zero attached hydrogens (tertiary/aromatic N) is 2. The standard InChI is InChI=1S/C20H24Cl2N2O3.CH4/c1-3-19(25)24-10-14-6-7-23(11-15(14)12-24)20(26)5-4-13-8-16(21)17(22)9-18(13)27-2;/h3,8-9,14-15H,1,4-7,10-12H2,2H3;1H4. The number of carbonyl (C=O) groups excluding carboxylic acids is 2. The van der Waals surface area contributed by atoms with Gasteiger partial charge < -0.3 is 14.5 Å². The van der Waals surface area contributed by atoms with Crippen molar-refractivity contribution in [2.75, 3.05) is 33.3 Å². The Bertz CT molecular complexity index is 753. The van der Waals surface area contributed by atoms with Gasteiger partial charge in [0.1, 0.15) is 5.75 Å². The van der Waals surface area contributed by atoms with E-state index in [1.54, 1.807) is 19.2 Å². The monoisotopic (exact) mass is 426 g/mol. The van der Waals surface area contributed by atoms with Crippen molar-refractivity contribution in [1.82, 2.24) is 9.80 Å². The summed E-state index contributed by atoms with van der Waals surface area (Å²) in [6.07, 6.45) is 3.24. The van der Waals surface area contributed by atoms with E-state index in [0.717, 1.165) is 25.1 Å². The maximum atomic E-state index is 12.7. The van der Waals surface area contributed by atoms with Gasteiger partial charge >= 0.3 is 0 Å². The molecule has 0 spiro atoms. The van der Waals surface area contributed by atoms with Crippen molar-refractivity contribution >= 4 is 35.0 Å². The number of hydrogen-bond donors (Lipinski definition) is 0. The van der Waals surface area contributed by atoms with E-state index in [1.807, 2.05) is 9.80 Å². The van der Waals surface area contributed by atoms with Gasteiger partial charge in [-0.05, 0) is 42.4 Å². The van der Waals surface area contributed by atoms with Crippen molar-refractivity contribution in [3.8, 4) is 5.75 Å². The highest BCUT2D eigenvalue weighted by molar-refractivity contribution is 6.42. The number of methoxy groups -OCH3 is 1. The SMILES string of the molecule is C.C=CC(=O)N1CC2CCN(C(=O)CCc3cc(Cl)c(Cl)cc3OC)CC2C1. The smallest absolute Gasteiger partial charge is 0.245 e. The molecule has 0 aliphatic carbocycles. The quantitative estimate of drug-likeness (QED) is 0.666. The second-order valence-electron chi connectivity index (χ2n) is 7.17. The van der Waals surface area contributed by atoms with Gasteiger partial charge in [-0.25, -0.2) is 0 Å². The zero-order chi connectivity index (χ0) is 19.6. The molecule has 5 nitrogen and oxygen atoms in total. The van der Waals surface area contributed by atoms with Gasteiger partial charge in [0.25, 0.3) is 0 Å². The average molecular weight is 427 g/mol. The van der Waals surface area contributed by atoms with Crippen molar-refractivity contribution in [1.29, 1.82) is 0 Å². The topological polar surface area (TPSA) is 49.9 Å². The minimum Gasteiger partial charge on any atom is -0.496 e. The average Bonchev–Trinajstić information content (AvgIpc) is 3.10. The van der Waals surface area contributed by atoms with Crippen molar-refractivity contribution in [2.45, 2.75) is 26.7 Å². The van der Waals surface area contributed by atoms with Crippen LogP contribution in [0.4, 0.5) is 0 Å². The molecule has 2 saturated heterocycles. The molecule has 3 rings (SSSR count). The summed E-state index contributed by atoms with van der Waals surface area (Å²) in [6.45, 7) is 6.50. The predicted molar refractivity (Wildman–Crippen MR) is 113 cm³/mol. The summed E-state index contributed by atoms with van der Waals surface area (Å²) >= 11 is 12.1. The molecule has 0 aromatic heterocycles. The first-order valence-corrected chi connectivity index (χ1v) is 9.89. The Morgan fingerprint density at radius 2 is 1.82 bits per heavy atom. The number of piperidine rings is 1. The second-order valence-corrected chi connectivity index (χ2v) is 7.99. The van der Waals surface area contributed by atoms with Crippen LogP contribution in [0.2, 0.25) is 10.0 Å². The zero-order valence-corrected chi connectivity index (χ0v) is 16.9. The van der Waals surface area contributed by atoms with E-state index in [9.17, 15) is 9.59 Å². The Balaban J connectivity index is 0.00000280. The Morgan fingerprint density at radius 1 is 1.18 bits per heavy atom. The second kappa shape index (κ2) is 9.66. The molecule has 1 aromatic carbocycles. The summed E-state index contributed by atoms with van der Waals surface area (Å²) in [5, 5.41) is 0.893. The molecule has 0 radical (unpaired) electrons. The van der Waals surface area contributed by atoms with Gasteiger partial charge in [0.05, 0.1) is 17.2 Å². The van der Waals surface area contributed by atoms with Crippen molar-refractivity contribution in [2.24, 2.45) is 11.8 Å². The van der Waals surface area contributed by atoms with Gasteiger partial charge in [-0.3, -0.25) is 9.59 Å². The lowest BCUT2D eigenvalue weighted by Gasteiger charge is -2.34. The highest BCUT2D eigenvalue weighted by atomic mass is 35.5. The number of halogens is 2. The van der Waals surface area contributed by atoms with Crippen LogP contribution >= 0.6 is 23.2 Å². The van der Waals surface area contributed by atoms with Crippen LogP contribution in [0.3, 0.4) is 0 Å². The molecular weight excluding hydrogens is 399 g/mol. The zero-order valence-electron chi connectivity index (χ0n) is 15.4. The van der Waals surface area contributed by atoms with Crippen molar-refractivity contribution < 1.29 is 14.3 Å². The third-order valence-electron chi connectivity index (χ3n) is 5.57. The van der Waals surface area contributed by atoms with E-state index in [-0.39, 0.29) is 19.2 Å². The van der Waals surface area contributed by atoms with Gasteiger partial charge in [0.2, 0.25) is 11.8 Å². The van der Waals surface area contributed by atoms with Crippen LogP contribution in [-0.4, -0.2) is 54.9 Å². The van der Waals surface area contributed by atoms with Gasteiger partial charge in [-0.2, -0.15) is 0 Å². The molecule has 2 heterocycles. The molecule has 154 valence electrons. The van der Waals surface area contributed by atoms with E-state index in [2.05, 4.69) is 6.58 Å². The number of rotatable bonds is 5. The third-order valence-corrected chi connectivity index (χ3v) is 6.29. The molecule has 0 bridgehead atoms. The van der Waals surface area contributed by atoms with Crippen LogP contribution < -0.4 is 4.74 Å². The molecule has 0 saturated carbocycles. The largest absolute Gasteiger partial charge is 0.496 e. The van der Waals surface area contributed by atoms with E-state index in [0.29, 0.717) is 53.6 Å². The van der Waals surface area contributed by atoms with Crippen LogP contribution in [0.1, 0.15) is 25.8 Å². The minimum absolute atomic E-state index is 0. The summed E-state index contributed by atoms with van der Waals surface area (Å²) < 4.78 is 5.35. The van der Waals surface area contributed by atoms with E-state index < -0.39 is 0 Å². The lowest BCUT2D eigenvalue weighted by molar-refractivity contribution is -0.133. The summed E-state index contributed by atoms with van der Waals surface area (Å²) in [4.78, 5) is 28.3. The third kappa shape index (κ3) is 4.81. The lowest BCUT2D eigenvalue weighted by Crippen LogP contribution is -2.43. The first-order valence-electron chi connectivity index (χ1n) is 9.14. The van der Waals surface area contributed by atoms with Crippen LogP contribution in [-0.2, 0) is 16.0 Å². The van der Waals surface area contributed by atoms with Crippen molar-refractivity contribution in [3.05, 3.63) is 40.4 Å². The number of aryl methyl sites for hydroxylation is 1. The summed E-state index contributed by atoms with van der Waals surface area (Å²) in [5.41, 5.74) is 0.874. The molecular formula is C21H28Cl2N2O3. The molecule has 2 unspecified atom stereocenters. The number of likely N-dealkylation sites (tertiary alicyclic amines) is 2. The molecule has 1 aromatic rings. The van der Waals surface area contributed by atoms with E-state index in [4.69, 9.17) is 27.9 Å². The van der Waals surface area contributed by atoms with Crippen LogP contribution in [0.25, 0.3) is 0 Å². The molecule has 2 amide bonds. The number of amides is 2. The molecule has 2 atom stereocenters. The fraction of sp³-hybridized carbons (Fsp3) is 0.524. The number of hydrogen-bond acceptors (Lipinski definition) is 3. The maximum absolute atomic E-state index is 12.7. The summed E-state index contributed by atoms with van der Waals surface area (Å²) in [6, 6.07) is 3.44. The van der Waals surface area contributed by atoms with Crippen LogP contribution in [0, 0.1) is 11.8 Å². The van der Waals surface area contributed by atoms with Gasteiger partial charge in [0, 0.05) is 38.7 Å². The minimum atomic E-state index is -0.0195. The van der Waals surface area contributed by atoms with Crippen LogP contribution in [0.15, 0.2) is 24.8 Å². The fourth-order valence-electron chi connectivity index (χ4n) is 4.06. The molecule has 2 fully saturated rings. The molecule has 0 N–H and O–H groups in total. The van der Waals surface area contributed by atoms with Gasteiger partial charge in [-0.15, -0.1) is 0 Å². The molecule has 2 aliphatic heterocycles. The molecule has 2 aliphatic rings. The Morgan fingerprint density at radius 3 is 2.50 bits per heavy atom. The Labute approximate surface area is 177 Å². The predicted octanol–water partition coefficient (Wildman–Crippen LogP) is 4.06. The van der Waals surface area contributed by atoms with Gasteiger partial charge in [-0.1, -0.05) is 37.2 Å². The Kier molecular flexibility index (Phi) is 7.79. The summed E-state index contributed by atoms with van der Waals surface area (Å²) in [7, 11) is 1.58. The normalized spacial score (nSPS) is 21.0. The van der Waals surface area contributed by atoms with E-state index in [1.165, 1.54) is 6.08 Å². The Hall–Kier alpha value is -1.72. The molecule has 28 heavy (non-hydrogen) atoms. The van der Waals surface area contributed by atoms with Gasteiger partial charge in [0.15, 0.2) is 0 Å². The van der Waals surface area contributed by atoms with E-state index >= 15 is 0 Å². The summed E-state index contributed by atoms with van der Waals surface area (Å²) in [5.74, 6) is 1.58. The van der Waals surface area contributed by atoms with Crippen LogP contribution in [0.5, 0.6) is 5.75 Å². The highest BCUT2D eigenvalue weighted by Crippen LogP contribution is 2.33. The number of ether oxygens (including phenoxy) is 1. The fourth-order valence-corrected chi connectivity index (χ4v) is 4.40.